The Kier molecular flexibility index (Phi) is 4.86. The number of carbonyl (C=O) groups is 2. The van der Waals surface area contributed by atoms with E-state index in [0.717, 1.165) is 22.3 Å². The van der Waals surface area contributed by atoms with E-state index in [4.69, 9.17) is 23.2 Å². The number of thioether (sulfide) groups is 1. The fourth-order valence-corrected chi connectivity index (χ4v) is 4.01. The lowest BCUT2D eigenvalue weighted by molar-refractivity contribution is -0.121. The lowest BCUT2D eigenvalue weighted by atomic mass is 10.3. The Bertz CT molecular complexity index is 1030. The van der Waals surface area contributed by atoms with Crippen LogP contribution in [-0.2, 0) is 9.59 Å². The average Bonchev–Trinajstić information content (AvgIpc) is 3.23. The van der Waals surface area contributed by atoms with Gasteiger partial charge in [0.15, 0.2) is 0 Å². The molecule has 7 nitrogen and oxygen atoms in total. The van der Waals surface area contributed by atoms with E-state index in [0.29, 0.717) is 15.9 Å². The number of halogens is 2. The number of amides is 2. The predicted molar refractivity (Wildman–Crippen MR) is 102 cm³/mol. The van der Waals surface area contributed by atoms with Gasteiger partial charge in [0.2, 0.25) is 17.0 Å². The summed E-state index contributed by atoms with van der Waals surface area (Å²) in [6, 6.07) is 14.0. The predicted octanol–water partition coefficient (Wildman–Crippen LogP) is 3.39. The molecule has 0 radical (unpaired) electrons. The van der Waals surface area contributed by atoms with Gasteiger partial charge in [-0.1, -0.05) is 53.2 Å². The Hall–Kier alpha value is -2.42. The molecule has 27 heavy (non-hydrogen) atoms. The van der Waals surface area contributed by atoms with Crippen LogP contribution >= 0.6 is 35.0 Å². The fraction of sp³-hybridized carbons (Fsp3) is 0.118. The molecule has 2 heterocycles. The number of rotatable bonds is 4. The lowest BCUT2D eigenvalue weighted by Gasteiger charge is -2.15. The van der Waals surface area contributed by atoms with Gasteiger partial charge in [-0.3, -0.25) is 9.59 Å². The number of imide groups is 1. The van der Waals surface area contributed by atoms with E-state index in [1.54, 1.807) is 12.1 Å². The Morgan fingerprint density at radius 1 is 1.00 bits per heavy atom. The summed E-state index contributed by atoms with van der Waals surface area (Å²) in [6.45, 7) is 0. The summed E-state index contributed by atoms with van der Waals surface area (Å²) in [5.41, 5.74) is 1.16. The zero-order valence-corrected chi connectivity index (χ0v) is 15.9. The summed E-state index contributed by atoms with van der Waals surface area (Å²) in [7, 11) is 0. The maximum atomic E-state index is 12.8. The van der Waals surface area contributed by atoms with Crippen LogP contribution in [0.5, 0.6) is 0 Å². The highest BCUT2D eigenvalue weighted by Gasteiger charge is 2.41. The SMILES string of the molecule is O=C1C[C@@H](Sc2nnnn2-c2ccccc2)C(=O)N1c1ccc(Cl)c(Cl)c1. The van der Waals surface area contributed by atoms with E-state index in [1.807, 2.05) is 30.3 Å². The van der Waals surface area contributed by atoms with E-state index in [2.05, 4.69) is 15.5 Å². The van der Waals surface area contributed by atoms with Gasteiger partial charge in [-0.25, -0.2) is 4.90 Å². The van der Waals surface area contributed by atoms with Gasteiger partial charge in [0, 0.05) is 6.42 Å². The number of anilines is 1. The van der Waals surface area contributed by atoms with E-state index in [1.165, 1.54) is 10.7 Å². The number of carbonyl (C=O) groups excluding carboxylic acids is 2. The molecule has 4 rings (SSSR count). The Labute approximate surface area is 168 Å². The molecule has 3 aromatic rings. The first-order valence-corrected chi connectivity index (χ1v) is 9.50. The summed E-state index contributed by atoms with van der Waals surface area (Å²) in [4.78, 5) is 26.4. The van der Waals surface area contributed by atoms with Gasteiger partial charge in [0.05, 0.1) is 21.4 Å². The van der Waals surface area contributed by atoms with E-state index in [9.17, 15) is 9.59 Å². The number of para-hydroxylation sites is 1. The molecule has 0 spiro atoms. The molecule has 1 aliphatic heterocycles. The van der Waals surface area contributed by atoms with Gasteiger partial charge in [-0.2, -0.15) is 4.68 Å². The van der Waals surface area contributed by atoms with E-state index in [-0.39, 0.29) is 23.3 Å². The summed E-state index contributed by atoms with van der Waals surface area (Å²) in [5.74, 6) is -0.652. The van der Waals surface area contributed by atoms with Crippen molar-refractivity contribution in [3.8, 4) is 5.69 Å². The van der Waals surface area contributed by atoms with E-state index < -0.39 is 5.25 Å². The normalized spacial score (nSPS) is 17.0. The quantitative estimate of drug-likeness (QED) is 0.602. The van der Waals surface area contributed by atoms with Crippen LogP contribution in [0.2, 0.25) is 10.0 Å². The fourth-order valence-electron chi connectivity index (χ4n) is 2.70. The van der Waals surface area contributed by atoms with Gasteiger partial charge in [-0.05, 0) is 40.8 Å². The first-order valence-electron chi connectivity index (χ1n) is 7.87. The molecule has 1 aromatic heterocycles. The van der Waals surface area contributed by atoms with Crippen molar-refractivity contribution in [2.75, 3.05) is 4.90 Å². The van der Waals surface area contributed by atoms with Crippen molar-refractivity contribution in [1.29, 1.82) is 0 Å². The van der Waals surface area contributed by atoms with Crippen molar-refractivity contribution >= 4 is 52.5 Å². The second kappa shape index (κ2) is 7.30. The zero-order valence-electron chi connectivity index (χ0n) is 13.6. The smallest absolute Gasteiger partial charge is 0.247 e. The van der Waals surface area contributed by atoms with Crippen molar-refractivity contribution in [2.45, 2.75) is 16.8 Å². The first-order chi connectivity index (χ1) is 13.0. The van der Waals surface area contributed by atoms with Gasteiger partial charge >= 0.3 is 0 Å². The van der Waals surface area contributed by atoms with Crippen molar-refractivity contribution in [1.82, 2.24) is 20.2 Å². The Balaban J connectivity index is 1.59. The average molecular weight is 420 g/mol. The summed E-state index contributed by atoms with van der Waals surface area (Å²) >= 11 is 13.1. The summed E-state index contributed by atoms with van der Waals surface area (Å²) in [5, 5.41) is 12.1. The summed E-state index contributed by atoms with van der Waals surface area (Å²) < 4.78 is 1.53. The minimum Gasteiger partial charge on any atom is -0.274 e. The molecule has 0 saturated carbocycles. The van der Waals surface area contributed by atoms with Crippen LogP contribution in [0.4, 0.5) is 5.69 Å². The number of tetrazole rings is 1. The molecule has 2 amide bonds. The second-order valence-electron chi connectivity index (χ2n) is 5.69. The molecule has 0 bridgehead atoms. The highest BCUT2D eigenvalue weighted by molar-refractivity contribution is 8.00. The largest absolute Gasteiger partial charge is 0.274 e. The topological polar surface area (TPSA) is 81.0 Å². The molecular formula is C17H11Cl2N5O2S. The monoisotopic (exact) mass is 419 g/mol. The van der Waals surface area contributed by atoms with Crippen molar-refractivity contribution in [2.24, 2.45) is 0 Å². The highest BCUT2D eigenvalue weighted by Crippen LogP contribution is 2.35. The number of hydrogen-bond acceptors (Lipinski definition) is 6. The third-order valence-electron chi connectivity index (χ3n) is 3.96. The van der Waals surface area contributed by atoms with Crippen LogP contribution in [0.25, 0.3) is 5.69 Å². The van der Waals surface area contributed by atoms with Gasteiger partial charge < -0.3 is 0 Å². The first kappa shape index (κ1) is 18.0. The maximum Gasteiger partial charge on any atom is 0.247 e. The van der Waals surface area contributed by atoms with Crippen LogP contribution in [-0.4, -0.2) is 37.3 Å². The van der Waals surface area contributed by atoms with Crippen molar-refractivity contribution < 1.29 is 9.59 Å². The molecule has 0 N–H and O–H groups in total. The Morgan fingerprint density at radius 2 is 1.78 bits per heavy atom. The van der Waals surface area contributed by atoms with Crippen molar-refractivity contribution in [3.63, 3.8) is 0 Å². The minimum atomic E-state index is -0.625. The zero-order chi connectivity index (χ0) is 19.0. The molecule has 0 unspecified atom stereocenters. The molecular weight excluding hydrogens is 409 g/mol. The van der Waals surface area contributed by atoms with Crippen LogP contribution < -0.4 is 4.90 Å². The number of aromatic nitrogens is 4. The molecule has 10 heteroatoms. The Morgan fingerprint density at radius 3 is 2.52 bits per heavy atom. The van der Waals surface area contributed by atoms with Crippen LogP contribution in [0.1, 0.15) is 6.42 Å². The molecule has 1 saturated heterocycles. The molecule has 0 aliphatic carbocycles. The van der Waals surface area contributed by atoms with Crippen LogP contribution in [0.3, 0.4) is 0 Å². The van der Waals surface area contributed by atoms with Gasteiger partial charge in [0.25, 0.3) is 0 Å². The second-order valence-corrected chi connectivity index (χ2v) is 7.67. The maximum absolute atomic E-state index is 12.8. The third kappa shape index (κ3) is 3.43. The molecule has 1 atom stereocenters. The number of benzene rings is 2. The van der Waals surface area contributed by atoms with Gasteiger partial charge in [-0.15, -0.1) is 5.10 Å². The molecule has 1 fully saturated rings. The minimum absolute atomic E-state index is 0.0470. The van der Waals surface area contributed by atoms with E-state index >= 15 is 0 Å². The lowest BCUT2D eigenvalue weighted by Crippen LogP contribution is -2.31. The molecule has 136 valence electrons. The van der Waals surface area contributed by atoms with Gasteiger partial charge in [0.1, 0.15) is 5.25 Å². The van der Waals surface area contributed by atoms with Crippen LogP contribution in [0.15, 0.2) is 53.7 Å². The highest BCUT2D eigenvalue weighted by atomic mass is 35.5. The number of hydrogen-bond donors (Lipinski definition) is 0. The van der Waals surface area contributed by atoms with Crippen LogP contribution in [0, 0.1) is 0 Å². The standard InChI is InChI=1S/C17H11Cl2N5O2S/c18-12-7-6-11(8-13(12)19)23-15(25)9-14(16(23)26)27-17-20-21-22-24(17)10-4-2-1-3-5-10/h1-8,14H,9H2/t14-/m1/s1. The third-order valence-corrected chi connectivity index (χ3v) is 5.81. The summed E-state index contributed by atoms with van der Waals surface area (Å²) in [6.07, 6.45) is 0.0470. The molecule has 1 aliphatic rings. The number of nitrogens with zero attached hydrogens (tertiary/aromatic N) is 5. The molecule has 2 aromatic carbocycles. The van der Waals surface area contributed by atoms with Crippen molar-refractivity contribution in [3.05, 3.63) is 58.6 Å².